The van der Waals surface area contributed by atoms with Gasteiger partial charge in [-0.05, 0) is 31.0 Å². The first-order valence-electron chi connectivity index (χ1n) is 7.02. The highest BCUT2D eigenvalue weighted by molar-refractivity contribution is 7.91. The standard InChI is InChI=1S/C15H25NO3S/c1-5-15(13-7-9-14(19-4)10-8-13)16-12(3)11-20(17,18)6-2/h7-10,12,15-16H,5-6,11H2,1-4H3. The van der Waals surface area contributed by atoms with Crippen molar-refractivity contribution in [1.29, 1.82) is 0 Å². The maximum atomic E-state index is 11.6. The Labute approximate surface area is 122 Å². The van der Waals surface area contributed by atoms with E-state index < -0.39 is 9.84 Å². The van der Waals surface area contributed by atoms with E-state index in [1.54, 1.807) is 14.0 Å². The van der Waals surface area contributed by atoms with Gasteiger partial charge in [0.25, 0.3) is 0 Å². The normalized spacial score (nSPS) is 14.8. The van der Waals surface area contributed by atoms with E-state index in [4.69, 9.17) is 4.74 Å². The summed E-state index contributed by atoms with van der Waals surface area (Å²) >= 11 is 0. The van der Waals surface area contributed by atoms with Gasteiger partial charge in [0.15, 0.2) is 9.84 Å². The number of hydrogen-bond donors (Lipinski definition) is 1. The van der Waals surface area contributed by atoms with Crippen LogP contribution < -0.4 is 10.1 Å². The maximum Gasteiger partial charge on any atom is 0.151 e. The van der Waals surface area contributed by atoms with E-state index in [9.17, 15) is 8.42 Å². The first-order chi connectivity index (χ1) is 9.41. The summed E-state index contributed by atoms with van der Waals surface area (Å²) in [5.74, 6) is 1.19. The van der Waals surface area contributed by atoms with Crippen LogP contribution in [0.3, 0.4) is 0 Å². The van der Waals surface area contributed by atoms with E-state index in [1.807, 2.05) is 31.2 Å². The van der Waals surface area contributed by atoms with Crippen molar-refractivity contribution < 1.29 is 13.2 Å². The Morgan fingerprint density at radius 3 is 2.25 bits per heavy atom. The molecule has 114 valence electrons. The fourth-order valence-electron chi connectivity index (χ4n) is 2.18. The predicted molar refractivity (Wildman–Crippen MR) is 83.0 cm³/mol. The van der Waals surface area contributed by atoms with Crippen LogP contribution in [-0.2, 0) is 9.84 Å². The molecule has 20 heavy (non-hydrogen) atoms. The minimum absolute atomic E-state index is 0.0630. The quantitative estimate of drug-likeness (QED) is 0.801. The molecular formula is C15H25NO3S. The average Bonchev–Trinajstić information content (AvgIpc) is 2.44. The molecule has 0 heterocycles. The number of ether oxygens (including phenoxy) is 1. The Kier molecular flexibility index (Phi) is 6.49. The van der Waals surface area contributed by atoms with Crippen LogP contribution in [-0.4, -0.2) is 33.1 Å². The van der Waals surface area contributed by atoms with Crippen LogP contribution in [0.4, 0.5) is 0 Å². The molecule has 0 saturated carbocycles. The molecule has 0 aliphatic carbocycles. The smallest absolute Gasteiger partial charge is 0.151 e. The molecule has 1 aromatic carbocycles. The second-order valence-corrected chi connectivity index (χ2v) is 7.40. The molecule has 5 heteroatoms. The van der Waals surface area contributed by atoms with Crippen LogP contribution >= 0.6 is 0 Å². The molecule has 0 spiro atoms. The highest BCUT2D eigenvalue weighted by Crippen LogP contribution is 2.20. The lowest BCUT2D eigenvalue weighted by Crippen LogP contribution is -2.36. The second kappa shape index (κ2) is 7.64. The Bertz CT molecular complexity index is 496. The number of methoxy groups -OCH3 is 1. The second-order valence-electron chi connectivity index (χ2n) is 5.00. The van der Waals surface area contributed by atoms with Crippen LogP contribution in [0, 0.1) is 0 Å². The highest BCUT2D eigenvalue weighted by Gasteiger charge is 2.17. The van der Waals surface area contributed by atoms with Gasteiger partial charge in [0.05, 0.1) is 12.9 Å². The van der Waals surface area contributed by atoms with Gasteiger partial charge in [0.1, 0.15) is 5.75 Å². The third-order valence-corrected chi connectivity index (χ3v) is 5.24. The molecule has 2 unspecified atom stereocenters. The molecule has 1 rings (SSSR count). The Morgan fingerprint density at radius 1 is 1.20 bits per heavy atom. The van der Waals surface area contributed by atoms with Gasteiger partial charge in [-0.1, -0.05) is 26.0 Å². The SMILES string of the molecule is CCC(NC(C)CS(=O)(=O)CC)c1ccc(OC)cc1. The van der Waals surface area contributed by atoms with Gasteiger partial charge in [-0.2, -0.15) is 0 Å². The molecule has 2 atom stereocenters. The molecule has 0 aliphatic rings. The summed E-state index contributed by atoms with van der Waals surface area (Å²) in [4.78, 5) is 0. The molecule has 1 N–H and O–H groups in total. The fraction of sp³-hybridized carbons (Fsp3) is 0.600. The van der Waals surface area contributed by atoms with Crippen molar-refractivity contribution in [2.24, 2.45) is 0 Å². The zero-order valence-electron chi connectivity index (χ0n) is 12.7. The van der Waals surface area contributed by atoms with Crippen LogP contribution in [0.1, 0.15) is 38.8 Å². The molecule has 0 saturated heterocycles. The van der Waals surface area contributed by atoms with E-state index in [-0.39, 0.29) is 23.6 Å². The first kappa shape index (κ1) is 17.0. The summed E-state index contributed by atoms with van der Waals surface area (Å²) in [6, 6.07) is 7.97. The lowest BCUT2D eigenvalue weighted by molar-refractivity contribution is 0.413. The summed E-state index contributed by atoms with van der Waals surface area (Å²) in [6.45, 7) is 5.69. The predicted octanol–water partition coefficient (Wildman–Crippen LogP) is 2.56. The zero-order chi connectivity index (χ0) is 15.2. The van der Waals surface area contributed by atoms with Crippen molar-refractivity contribution in [2.75, 3.05) is 18.6 Å². The average molecular weight is 299 g/mol. The van der Waals surface area contributed by atoms with Crippen molar-refractivity contribution >= 4 is 9.84 Å². The first-order valence-corrected chi connectivity index (χ1v) is 8.84. The minimum Gasteiger partial charge on any atom is -0.497 e. The van der Waals surface area contributed by atoms with E-state index in [0.29, 0.717) is 0 Å². The maximum absolute atomic E-state index is 11.6. The van der Waals surface area contributed by atoms with E-state index in [0.717, 1.165) is 17.7 Å². The van der Waals surface area contributed by atoms with Crippen molar-refractivity contribution in [3.8, 4) is 5.75 Å². The number of nitrogens with one attached hydrogen (secondary N) is 1. The Hall–Kier alpha value is -1.07. The molecular weight excluding hydrogens is 274 g/mol. The molecule has 1 aromatic rings. The van der Waals surface area contributed by atoms with Gasteiger partial charge in [-0.15, -0.1) is 0 Å². The summed E-state index contributed by atoms with van der Waals surface area (Å²) in [5.41, 5.74) is 1.15. The molecule has 4 nitrogen and oxygen atoms in total. The number of sulfone groups is 1. The van der Waals surface area contributed by atoms with Crippen LogP contribution in [0.5, 0.6) is 5.75 Å². The number of hydrogen-bond acceptors (Lipinski definition) is 4. The molecule has 0 radical (unpaired) electrons. The Morgan fingerprint density at radius 2 is 1.80 bits per heavy atom. The molecule has 0 bridgehead atoms. The molecule has 0 fully saturated rings. The van der Waals surface area contributed by atoms with Crippen molar-refractivity contribution in [1.82, 2.24) is 5.32 Å². The van der Waals surface area contributed by atoms with Gasteiger partial charge in [-0.25, -0.2) is 8.42 Å². The van der Waals surface area contributed by atoms with Crippen LogP contribution in [0.25, 0.3) is 0 Å². The van der Waals surface area contributed by atoms with E-state index in [1.165, 1.54) is 0 Å². The summed E-state index contributed by atoms with van der Waals surface area (Å²) in [6.07, 6.45) is 0.906. The van der Waals surface area contributed by atoms with Crippen molar-refractivity contribution in [2.45, 2.75) is 39.3 Å². The largest absolute Gasteiger partial charge is 0.497 e. The van der Waals surface area contributed by atoms with Gasteiger partial charge in [0.2, 0.25) is 0 Å². The van der Waals surface area contributed by atoms with Crippen molar-refractivity contribution in [3.05, 3.63) is 29.8 Å². The third-order valence-electron chi connectivity index (χ3n) is 3.36. The summed E-state index contributed by atoms with van der Waals surface area (Å²) in [5, 5.41) is 3.39. The summed E-state index contributed by atoms with van der Waals surface area (Å²) in [7, 11) is -1.31. The zero-order valence-corrected chi connectivity index (χ0v) is 13.5. The topological polar surface area (TPSA) is 55.4 Å². The van der Waals surface area contributed by atoms with Crippen molar-refractivity contribution in [3.63, 3.8) is 0 Å². The van der Waals surface area contributed by atoms with Crippen LogP contribution in [0.15, 0.2) is 24.3 Å². The van der Waals surface area contributed by atoms with Gasteiger partial charge in [-0.3, -0.25) is 0 Å². The fourth-order valence-corrected chi connectivity index (χ4v) is 3.27. The van der Waals surface area contributed by atoms with E-state index in [2.05, 4.69) is 12.2 Å². The molecule has 0 aliphatic heterocycles. The van der Waals surface area contributed by atoms with Gasteiger partial charge < -0.3 is 10.1 Å². The summed E-state index contributed by atoms with van der Waals surface area (Å²) < 4.78 is 28.4. The lowest BCUT2D eigenvalue weighted by Gasteiger charge is -2.22. The number of rotatable bonds is 8. The lowest BCUT2D eigenvalue weighted by atomic mass is 10.0. The molecule has 0 amide bonds. The van der Waals surface area contributed by atoms with Gasteiger partial charge >= 0.3 is 0 Å². The van der Waals surface area contributed by atoms with E-state index >= 15 is 0 Å². The Balaban J connectivity index is 2.71. The highest BCUT2D eigenvalue weighted by atomic mass is 32.2. The number of benzene rings is 1. The van der Waals surface area contributed by atoms with Crippen LogP contribution in [0.2, 0.25) is 0 Å². The monoisotopic (exact) mass is 299 g/mol. The third kappa shape index (κ3) is 5.13. The van der Waals surface area contributed by atoms with Gasteiger partial charge in [0, 0.05) is 17.8 Å². The molecule has 0 aromatic heterocycles. The minimum atomic E-state index is -2.95.